The third-order valence-corrected chi connectivity index (χ3v) is 7.63. The molecule has 0 saturated carbocycles. The quantitative estimate of drug-likeness (QED) is 0.627. The molecule has 0 radical (unpaired) electrons. The van der Waals surface area contributed by atoms with Crippen molar-refractivity contribution in [1.82, 2.24) is 9.88 Å². The number of rotatable bonds is 4. The molecule has 2 aromatic heterocycles. The number of aromatic nitrogens is 1. The van der Waals surface area contributed by atoms with Crippen LogP contribution in [0.5, 0.6) is 0 Å². The number of nitrogens with one attached hydrogen (secondary N) is 1. The normalized spacial score (nSPS) is 16.1. The van der Waals surface area contributed by atoms with Crippen LogP contribution < -0.4 is 5.32 Å². The van der Waals surface area contributed by atoms with Crippen molar-refractivity contribution in [2.75, 3.05) is 11.9 Å². The van der Waals surface area contributed by atoms with Gasteiger partial charge in [-0.1, -0.05) is 0 Å². The molecule has 0 fully saturated rings. The van der Waals surface area contributed by atoms with E-state index in [1.807, 2.05) is 33.1 Å². The molecule has 33 heavy (non-hydrogen) atoms. The predicted molar refractivity (Wildman–Crippen MR) is 128 cm³/mol. The second-order valence-corrected chi connectivity index (χ2v) is 11.2. The highest BCUT2D eigenvalue weighted by atomic mass is 32.1. The van der Waals surface area contributed by atoms with Crippen LogP contribution in [0.3, 0.4) is 0 Å². The third kappa shape index (κ3) is 4.96. The number of carboxylic acid groups (broad SMARTS) is 1. The largest absolute Gasteiger partial charge is 0.478 e. The Morgan fingerprint density at radius 3 is 2.55 bits per heavy atom. The Morgan fingerprint density at radius 2 is 1.91 bits per heavy atom. The fourth-order valence-corrected chi connectivity index (χ4v) is 6.28. The highest BCUT2D eigenvalue weighted by Gasteiger charge is 2.32. The molecule has 8 nitrogen and oxygen atoms in total. The highest BCUT2D eigenvalue weighted by molar-refractivity contribution is 7.18. The van der Waals surface area contributed by atoms with Gasteiger partial charge in [0.2, 0.25) is 0 Å². The summed E-state index contributed by atoms with van der Waals surface area (Å²) < 4.78 is 5.53. The minimum absolute atomic E-state index is 0.191. The molecule has 3 heterocycles. The number of carbonyl (C=O) groups is 3. The zero-order valence-electron chi connectivity index (χ0n) is 19.1. The number of amides is 2. The molecule has 2 N–H and O–H groups in total. The van der Waals surface area contributed by atoms with E-state index in [-0.39, 0.29) is 17.6 Å². The zero-order valence-corrected chi connectivity index (χ0v) is 20.7. The Balaban J connectivity index is 1.67. The lowest BCUT2D eigenvalue weighted by Crippen LogP contribution is -2.39. The van der Waals surface area contributed by atoms with Crippen molar-refractivity contribution < 1.29 is 24.2 Å². The van der Waals surface area contributed by atoms with Gasteiger partial charge >= 0.3 is 12.1 Å². The van der Waals surface area contributed by atoms with E-state index in [0.29, 0.717) is 49.3 Å². The first-order chi connectivity index (χ1) is 15.5. The SMILES string of the molecule is Cc1csc(-c2c(NC(=O)C3=C(C(=O)O)CCC3)sc3c2CCN(C(=O)OC(C)(C)C)C3)n1. The summed E-state index contributed by atoms with van der Waals surface area (Å²) in [6, 6.07) is 0. The van der Waals surface area contributed by atoms with Gasteiger partial charge in [-0.2, -0.15) is 0 Å². The summed E-state index contributed by atoms with van der Waals surface area (Å²) in [5.41, 5.74) is 2.79. The molecule has 0 atom stereocenters. The van der Waals surface area contributed by atoms with E-state index in [9.17, 15) is 19.5 Å². The molecule has 2 amide bonds. The van der Waals surface area contributed by atoms with E-state index in [1.54, 1.807) is 4.90 Å². The van der Waals surface area contributed by atoms with Gasteiger partial charge in [-0.05, 0) is 58.9 Å². The number of carbonyl (C=O) groups excluding carboxylic acids is 2. The van der Waals surface area contributed by atoms with Gasteiger partial charge < -0.3 is 20.1 Å². The maximum atomic E-state index is 13.0. The van der Waals surface area contributed by atoms with Gasteiger partial charge in [0.15, 0.2) is 0 Å². The molecule has 1 aliphatic carbocycles. The second-order valence-electron chi connectivity index (χ2n) is 9.22. The number of anilines is 1. The maximum absolute atomic E-state index is 13.0. The van der Waals surface area contributed by atoms with Crippen LogP contribution in [0.4, 0.5) is 9.80 Å². The number of ether oxygens (including phenoxy) is 1. The molecular weight excluding hydrogens is 462 g/mol. The van der Waals surface area contributed by atoms with Gasteiger partial charge in [-0.3, -0.25) is 4.79 Å². The first-order valence-electron chi connectivity index (χ1n) is 10.8. The van der Waals surface area contributed by atoms with Crippen molar-refractivity contribution in [2.45, 2.75) is 65.5 Å². The fourth-order valence-electron chi connectivity index (χ4n) is 4.08. The van der Waals surface area contributed by atoms with Crippen LogP contribution in [0.25, 0.3) is 10.6 Å². The molecular formula is C23H27N3O5S2. The smallest absolute Gasteiger partial charge is 0.410 e. The monoisotopic (exact) mass is 489 g/mol. The van der Waals surface area contributed by atoms with E-state index in [4.69, 9.17) is 4.74 Å². The molecule has 0 spiro atoms. The number of carboxylic acids is 1. The maximum Gasteiger partial charge on any atom is 0.410 e. The molecule has 176 valence electrons. The Morgan fingerprint density at radius 1 is 1.18 bits per heavy atom. The second kappa shape index (κ2) is 8.90. The lowest BCUT2D eigenvalue weighted by molar-refractivity contribution is -0.133. The van der Waals surface area contributed by atoms with Crippen molar-refractivity contribution >= 4 is 45.6 Å². The highest BCUT2D eigenvalue weighted by Crippen LogP contribution is 2.45. The summed E-state index contributed by atoms with van der Waals surface area (Å²) in [5.74, 6) is -1.41. The van der Waals surface area contributed by atoms with Crippen molar-refractivity contribution in [3.63, 3.8) is 0 Å². The molecule has 10 heteroatoms. The van der Waals surface area contributed by atoms with Crippen LogP contribution >= 0.6 is 22.7 Å². The van der Waals surface area contributed by atoms with Gasteiger partial charge in [0, 0.05) is 39.2 Å². The third-order valence-electron chi connectivity index (χ3n) is 5.52. The van der Waals surface area contributed by atoms with Crippen LogP contribution in [0.15, 0.2) is 16.5 Å². The topological polar surface area (TPSA) is 109 Å². The first-order valence-corrected chi connectivity index (χ1v) is 12.5. The van der Waals surface area contributed by atoms with Gasteiger partial charge in [0.05, 0.1) is 6.54 Å². The van der Waals surface area contributed by atoms with Crippen molar-refractivity contribution in [3.8, 4) is 10.6 Å². The number of hydrogen-bond donors (Lipinski definition) is 2. The number of hydrogen-bond acceptors (Lipinski definition) is 7. The Hall–Kier alpha value is -2.72. The summed E-state index contributed by atoms with van der Waals surface area (Å²) in [4.78, 5) is 44.5. The van der Waals surface area contributed by atoms with Crippen LogP contribution in [-0.2, 0) is 27.3 Å². The van der Waals surface area contributed by atoms with Crippen molar-refractivity contribution in [2.24, 2.45) is 0 Å². The lowest BCUT2D eigenvalue weighted by atomic mass is 10.0. The Labute approximate surface area is 200 Å². The molecule has 4 rings (SSSR count). The van der Waals surface area contributed by atoms with E-state index >= 15 is 0 Å². The molecule has 0 aromatic carbocycles. The molecule has 0 bridgehead atoms. The minimum Gasteiger partial charge on any atom is -0.478 e. The van der Waals surface area contributed by atoms with E-state index in [0.717, 1.165) is 26.7 Å². The summed E-state index contributed by atoms with van der Waals surface area (Å²) in [5, 5.41) is 15.8. The average molecular weight is 490 g/mol. The van der Waals surface area contributed by atoms with Gasteiger partial charge in [-0.25, -0.2) is 14.6 Å². The van der Waals surface area contributed by atoms with E-state index in [1.165, 1.54) is 22.7 Å². The van der Waals surface area contributed by atoms with Gasteiger partial charge in [-0.15, -0.1) is 22.7 Å². The molecule has 0 unspecified atom stereocenters. The Bertz CT molecular complexity index is 1160. The molecule has 2 aromatic rings. The number of fused-ring (bicyclic) bond motifs is 1. The van der Waals surface area contributed by atoms with Crippen molar-refractivity contribution in [1.29, 1.82) is 0 Å². The average Bonchev–Trinajstić information content (AvgIpc) is 3.43. The minimum atomic E-state index is -1.04. The van der Waals surface area contributed by atoms with Crippen molar-refractivity contribution in [3.05, 3.63) is 32.7 Å². The zero-order chi connectivity index (χ0) is 23.9. The van der Waals surface area contributed by atoms with Gasteiger partial charge in [0.25, 0.3) is 5.91 Å². The van der Waals surface area contributed by atoms with Crippen LogP contribution in [0, 0.1) is 6.92 Å². The first kappa shape index (κ1) is 23.4. The van der Waals surface area contributed by atoms with E-state index in [2.05, 4.69) is 10.3 Å². The van der Waals surface area contributed by atoms with Crippen LogP contribution in [0.1, 0.15) is 56.2 Å². The number of aliphatic carboxylic acids is 1. The standard InChI is InChI=1S/C23H27N3O5S2/c1-12-11-32-19(24-12)17-15-8-9-26(22(30)31-23(2,3)4)10-16(15)33-20(17)25-18(27)13-6-5-7-14(13)21(28)29/h11H,5-10H2,1-4H3,(H,25,27)(H,28,29). The molecule has 1 aliphatic heterocycles. The number of nitrogens with zero attached hydrogens (tertiary/aromatic N) is 2. The Kier molecular flexibility index (Phi) is 6.32. The van der Waals surface area contributed by atoms with E-state index < -0.39 is 11.6 Å². The van der Waals surface area contributed by atoms with Crippen LogP contribution in [-0.4, -0.2) is 45.1 Å². The molecule has 2 aliphatic rings. The fraction of sp³-hybridized carbons (Fsp3) is 0.478. The van der Waals surface area contributed by atoms with Crippen LogP contribution in [0.2, 0.25) is 0 Å². The van der Waals surface area contributed by atoms with Gasteiger partial charge in [0.1, 0.15) is 15.6 Å². The number of aryl methyl sites for hydroxylation is 1. The summed E-state index contributed by atoms with van der Waals surface area (Å²) >= 11 is 2.92. The summed E-state index contributed by atoms with van der Waals surface area (Å²) in [6.07, 6.45) is 1.78. The molecule has 0 saturated heterocycles. The summed E-state index contributed by atoms with van der Waals surface area (Å²) in [6.45, 7) is 8.34. The summed E-state index contributed by atoms with van der Waals surface area (Å²) in [7, 11) is 0. The number of thiazole rings is 1. The number of thiophene rings is 1. The predicted octanol–water partition coefficient (Wildman–Crippen LogP) is 4.98. The lowest BCUT2D eigenvalue weighted by Gasteiger charge is -2.30.